The fourth-order valence-electron chi connectivity index (χ4n) is 1.96. The van der Waals surface area contributed by atoms with Crippen molar-refractivity contribution in [2.75, 3.05) is 26.6 Å². The Kier molecular flexibility index (Phi) is 6.66. The highest BCUT2D eigenvalue weighted by atomic mass is 28.4. The first kappa shape index (κ1) is 16.6. The summed E-state index contributed by atoms with van der Waals surface area (Å²) in [4.78, 5) is 10.7. The summed E-state index contributed by atoms with van der Waals surface area (Å²) in [6.07, 6.45) is 1.80. The number of amides is 2. The van der Waals surface area contributed by atoms with Crippen molar-refractivity contribution in [3.05, 3.63) is 29.8 Å². The van der Waals surface area contributed by atoms with Crippen LogP contribution in [0, 0.1) is 0 Å². The average Bonchev–Trinajstić information content (AvgIpc) is 2.45. The largest absolute Gasteiger partial charge is 0.500 e. The Balaban J connectivity index is 2.47. The molecule has 0 spiro atoms. The van der Waals surface area contributed by atoms with Crippen LogP contribution in [0.15, 0.2) is 24.3 Å². The number of hydrogen-bond acceptors (Lipinski definition) is 4. The lowest BCUT2D eigenvalue weighted by Gasteiger charge is -2.24. The van der Waals surface area contributed by atoms with Gasteiger partial charge in [0.2, 0.25) is 0 Å². The molecule has 6 nitrogen and oxygen atoms in total. The first-order chi connectivity index (χ1) is 9.55. The number of nitrogens with two attached hydrogens (primary N) is 1. The van der Waals surface area contributed by atoms with Crippen LogP contribution in [0.2, 0.25) is 6.04 Å². The lowest BCUT2D eigenvalue weighted by Crippen LogP contribution is -2.42. The molecule has 0 bridgehead atoms. The van der Waals surface area contributed by atoms with Crippen molar-refractivity contribution in [2.24, 2.45) is 5.73 Å². The monoisotopic (exact) mass is 298 g/mol. The van der Waals surface area contributed by atoms with Gasteiger partial charge < -0.3 is 24.3 Å². The molecule has 7 heteroatoms. The molecule has 1 rings (SSSR count). The van der Waals surface area contributed by atoms with Crippen LogP contribution in [0.25, 0.3) is 0 Å². The van der Waals surface area contributed by atoms with Crippen molar-refractivity contribution in [1.29, 1.82) is 0 Å². The molecule has 0 saturated carbocycles. The molecule has 0 atom stereocenters. The fraction of sp³-hybridized carbons (Fsp3) is 0.462. The lowest BCUT2D eigenvalue weighted by atomic mass is 10.1. The number of benzene rings is 1. The van der Waals surface area contributed by atoms with Crippen LogP contribution in [0.5, 0.6) is 0 Å². The van der Waals surface area contributed by atoms with Crippen molar-refractivity contribution >= 4 is 20.5 Å². The van der Waals surface area contributed by atoms with Crippen LogP contribution < -0.4 is 11.1 Å². The summed E-state index contributed by atoms with van der Waals surface area (Å²) < 4.78 is 16.1. The molecule has 1 aromatic carbocycles. The SMILES string of the molecule is CO[Si](CCCc1ccc(NC(N)=O)cc1)(OC)OC. The molecule has 1 aromatic rings. The van der Waals surface area contributed by atoms with E-state index in [4.69, 9.17) is 19.0 Å². The average molecular weight is 298 g/mol. The van der Waals surface area contributed by atoms with Gasteiger partial charge in [-0.15, -0.1) is 0 Å². The third kappa shape index (κ3) is 4.93. The minimum atomic E-state index is -2.48. The Labute approximate surface area is 120 Å². The highest BCUT2D eigenvalue weighted by molar-refractivity contribution is 6.60. The van der Waals surface area contributed by atoms with Crippen LogP contribution in [-0.2, 0) is 19.7 Å². The highest BCUT2D eigenvalue weighted by Crippen LogP contribution is 2.18. The summed E-state index contributed by atoms with van der Waals surface area (Å²) in [6.45, 7) is 0. The van der Waals surface area contributed by atoms with Gasteiger partial charge in [0.1, 0.15) is 0 Å². The second-order valence-corrected chi connectivity index (χ2v) is 7.43. The van der Waals surface area contributed by atoms with Gasteiger partial charge in [0.25, 0.3) is 0 Å². The van der Waals surface area contributed by atoms with Crippen LogP contribution in [0.4, 0.5) is 10.5 Å². The fourth-order valence-corrected chi connectivity index (χ4v) is 3.68. The zero-order valence-electron chi connectivity index (χ0n) is 12.1. The summed E-state index contributed by atoms with van der Waals surface area (Å²) in [5, 5.41) is 2.53. The summed E-state index contributed by atoms with van der Waals surface area (Å²) in [5.74, 6) is 0. The van der Waals surface area contributed by atoms with E-state index < -0.39 is 14.8 Å². The van der Waals surface area contributed by atoms with Crippen molar-refractivity contribution in [3.63, 3.8) is 0 Å². The zero-order valence-corrected chi connectivity index (χ0v) is 13.1. The Bertz CT molecular complexity index is 413. The molecule has 0 heterocycles. The topological polar surface area (TPSA) is 82.8 Å². The molecule has 0 radical (unpaired) electrons. The van der Waals surface area contributed by atoms with E-state index in [0.29, 0.717) is 5.69 Å². The second kappa shape index (κ2) is 8.00. The van der Waals surface area contributed by atoms with Gasteiger partial charge in [-0.05, 0) is 30.5 Å². The molecule has 0 unspecified atom stereocenters. The first-order valence-electron chi connectivity index (χ1n) is 6.36. The standard InChI is InChI=1S/C13H22N2O4Si/c1-17-20(18-2,19-3)10-4-5-11-6-8-12(9-7-11)15-13(14)16/h6-9H,4-5,10H2,1-3H3,(H3,14,15,16). The van der Waals surface area contributed by atoms with Gasteiger partial charge in [0.15, 0.2) is 0 Å². The molecule has 20 heavy (non-hydrogen) atoms. The minimum Gasteiger partial charge on any atom is -0.377 e. The molecule has 0 saturated heterocycles. The second-order valence-electron chi connectivity index (χ2n) is 4.34. The van der Waals surface area contributed by atoms with E-state index in [1.165, 1.54) is 5.56 Å². The van der Waals surface area contributed by atoms with Gasteiger partial charge >= 0.3 is 14.8 Å². The zero-order chi connectivity index (χ0) is 15.0. The summed E-state index contributed by atoms with van der Waals surface area (Å²) in [5.41, 5.74) is 6.91. The molecule has 0 aromatic heterocycles. The van der Waals surface area contributed by atoms with Gasteiger partial charge in [-0.3, -0.25) is 0 Å². The van der Waals surface area contributed by atoms with E-state index in [0.717, 1.165) is 18.9 Å². The van der Waals surface area contributed by atoms with Gasteiger partial charge in [0.05, 0.1) is 0 Å². The van der Waals surface area contributed by atoms with E-state index in [1.54, 1.807) is 21.3 Å². The molecule has 3 N–H and O–H groups in total. The van der Waals surface area contributed by atoms with Crippen LogP contribution >= 0.6 is 0 Å². The maximum absolute atomic E-state index is 10.7. The molecule has 0 aliphatic heterocycles. The number of aryl methyl sites for hydroxylation is 1. The van der Waals surface area contributed by atoms with E-state index in [9.17, 15) is 4.79 Å². The molecule has 0 aliphatic carbocycles. The van der Waals surface area contributed by atoms with E-state index in [1.807, 2.05) is 24.3 Å². The lowest BCUT2D eigenvalue weighted by molar-refractivity contribution is 0.123. The number of nitrogens with one attached hydrogen (secondary N) is 1. The van der Waals surface area contributed by atoms with Crippen LogP contribution in [0.3, 0.4) is 0 Å². The van der Waals surface area contributed by atoms with Crippen molar-refractivity contribution in [1.82, 2.24) is 0 Å². The molecule has 112 valence electrons. The van der Waals surface area contributed by atoms with Crippen LogP contribution in [0.1, 0.15) is 12.0 Å². The molecular weight excluding hydrogens is 276 g/mol. The van der Waals surface area contributed by atoms with Gasteiger partial charge in [0, 0.05) is 33.1 Å². The Morgan fingerprint density at radius 2 is 1.70 bits per heavy atom. The number of urea groups is 1. The van der Waals surface area contributed by atoms with E-state index in [2.05, 4.69) is 5.32 Å². The van der Waals surface area contributed by atoms with Crippen molar-refractivity contribution < 1.29 is 18.1 Å². The number of hydrogen-bond donors (Lipinski definition) is 2. The van der Waals surface area contributed by atoms with Crippen LogP contribution in [-0.4, -0.2) is 36.2 Å². The predicted molar refractivity (Wildman–Crippen MR) is 79.6 cm³/mol. The summed E-state index contributed by atoms with van der Waals surface area (Å²) in [7, 11) is 2.37. The number of carbonyl (C=O) groups is 1. The van der Waals surface area contributed by atoms with E-state index >= 15 is 0 Å². The smallest absolute Gasteiger partial charge is 0.377 e. The number of anilines is 1. The maximum Gasteiger partial charge on any atom is 0.500 e. The summed E-state index contributed by atoms with van der Waals surface area (Å²) >= 11 is 0. The first-order valence-corrected chi connectivity index (χ1v) is 8.29. The van der Waals surface area contributed by atoms with Gasteiger partial charge in [-0.25, -0.2) is 4.79 Å². The third-order valence-corrected chi connectivity index (χ3v) is 5.93. The number of primary amides is 1. The van der Waals surface area contributed by atoms with Gasteiger partial charge in [-0.2, -0.15) is 0 Å². The molecular formula is C13H22N2O4Si. The Hall–Kier alpha value is -1.41. The molecule has 0 fully saturated rings. The van der Waals surface area contributed by atoms with Crippen molar-refractivity contribution in [2.45, 2.75) is 18.9 Å². The number of carbonyl (C=O) groups excluding carboxylic acids is 1. The normalized spacial score (nSPS) is 11.3. The van der Waals surface area contributed by atoms with Crippen molar-refractivity contribution in [3.8, 4) is 0 Å². The Morgan fingerprint density at radius 3 is 2.15 bits per heavy atom. The Morgan fingerprint density at radius 1 is 1.15 bits per heavy atom. The third-order valence-electron chi connectivity index (χ3n) is 3.10. The minimum absolute atomic E-state index is 0.561. The highest BCUT2D eigenvalue weighted by Gasteiger charge is 2.36. The molecule has 2 amide bonds. The predicted octanol–water partition coefficient (Wildman–Crippen LogP) is 1.99. The maximum atomic E-state index is 10.7. The number of rotatable bonds is 8. The van der Waals surface area contributed by atoms with Gasteiger partial charge in [-0.1, -0.05) is 12.1 Å². The quantitative estimate of drug-likeness (QED) is 0.719. The molecule has 0 aliphatic rings. The van der Waals surface area contributed by atoms with E-state index in [-0.39, 0.29) is 0 Å². The summed E-state index contributed by atoms with van der Waals surface area (Å²) in [6, 6.07) is 7.77.